The summed E-state index contributed by atoms with van der Waals surface area (Å²) < 4.78 is 0. The molecule has 0 aliphatic carbocycles. The van der Waals surface area contributed by atoms with Gasteiger partial charge in [0.15, 0.2) is 5.11 Å². The molecule has 1 fully saturated rings. The van der Waals surface area contributed by atoms with Crippen LogP contribution in [0.4, 0.5) is 5.69 Å². The van der Waals surface area contributed by atoms with E-state index in [2.05, 4.69) is 20.2 Å². The van der Waals surface area contributed by atoms with E-state index in [-0.39, 0.29) is 17.8 Å². The molecule has 0 saturated carbocycles. The van der Waals surface area contributed by atoms with Crippen LogP contribution in [0.5, 0.6) is 5.75 Å². The Bertz CT molecular complexity index is 833. The van der Waals surface area contributed by atoms with Gasteiger partial charge < -0.3 is 20.3 Å². The molecule has 3 N–H and O–H groups in total. The normalized spacial score (nSPS) is 20.2. The van der Waals surface area contributed by atoms with Gasteiger partial charge in [0.1, 0.15) is 11.8 Å². The van der Waals surface area contributed by atoms with Gasteiger partial charge in [-0.1, -0.05) is 6.07 Å². The summed E-state index contributed by atoms with van der Waals surface area (Å²) in [4.78, 5) is 9.84. The van der Waals surface area contributed by atoms with Crippen molar-refractivity contribution in [1.29, 1.82) is 0 Å². The molecule has 1 saturated heterocycles. The van der Waals surface area contributed by atoms with E-state index in [0.29, 0.717) is 5.11 Å². The van der Waals surface area contributed by atoms with E-state index in [1.54, 1.807) is 18.3 Å². The van der Waals surface area contributed by atoms with Gasteiger partial charge >= 0.3 is 0 Å². The van der Waals surface area contributed by atoms with Crippen molar-refractivity contribution in [2.45, 2.75) is 12.1 Å². The predicted molar refractivity (Wildman–Crippen MR) is 96.8 cm³/mol. The van der Waals surface area contributed by atoms with Crippen LogP contribution in [0, 0.1) is 0 Å². The van der Waals surface area contributed by atoms with Gasteiger partial charge in [0, 0.05) is 23.8 Å². The lowest BCUT2D eigenvalue weighted by atomic mass is 10.0. The van der Waals surface area contributed by atoms with E-state index in [9.17, 15) is 5.11 Å². The molecule has 24 heavy (non-hydrogen) atoms. The van der Waals surface area contributed by atoms with Crippen LogP contribution >= 0.6 is 12.2 Å². The standard InChI is InChI=1S/C18H16N4OS/c23-13-8-6-12(7-9-13)22-17(15-5-3-11-20-15)16(21-18(22)24)14-4-1-2-10-19-14/h1-11,16-17,20,23H,(H,21,24)/t16-,17+/m1/s1. The molecule has 1 aliphatic rings. The lowest BCUT2D eigenvalue weighted by molar-refractivity contribution is 0.475. The van der Waals surface area contributed by atoms with Gasteiger partial charge in [-0.25, -0.2) is 0 Å². The number of hydrogen-bond acceptors (Lipinski definition) is 3. The number of benzene rings is 1. The number of pyridine rings is 1. The first kappa shape index (κ1) is 14.7. The van der Waals surface area contributed by atoms with Crippen LogP contribution in [-0.4, -0.2) is 20.2 Å². The number of nitrogens with zero attached hydrogens (tertiary/aromatic N) is 2. The number of hydrogen-bond donors (Lipinski definition) is 3. The molecular weight excluding hydrogens is 320 g/mol. The smallest absolute Gasteiger partial charge is 0.174 e. The van der Waals surface area contributed by atoms with Crippen LogP contribution in [0.25, 0.3) is 0 Å². The van der Waals surface area contributed by atoms with E-state index in [0.717, 1.165) is 17.1 Å². The lowest BCUT2D eigenvalue weighted by Crippen LogP contribution is -2.29. The van der Waals surface area contributed by atoms with Crippen LogP contribution in [0.3, 0.4) is 0 Å². The van der Waals surface area contributed by atoms with E-state index >= 15 is 0 Å². The Hall–Kier alpha value is -2.86. The maximum atomic E-state index is 9.56. The van der Waals surface area contributed by atoms with Crippen LogP contribution in [-0.2, 0) is 0 Å². The molecule has 0 bridgehead atoms. The number of nitrogens with one attached hydrogen (secondary N) is 2. The monoisotopic (exact) mass is 336 g/mol. The van der Waals surface area contributed by atoms with Gasteiger partial charge in [-0.15, -0.1) is 0 Å². The molecule has 1 aromatic carbocycles. The molecule has 0 amide bonds. The zero-order valence-electron chi connectivity index (χ0n) is 12.8. The molecule has 5 nitrogen and oxygen atoms in total. The van der Waals surface area contributed by atoms with Gasteiger partial charge in [-0.3, -0.25) is 4.98 Å². The summed E-state index contributed by atoms with van der Waals surface area (Å²) in [5.41, 5.74) is 2.90. The summed E-state index contributed by atoms with van der Waals surface area (Å²) in [5, 5.41) is 13.6. The SMILES string of the molecule is Oc1ccc(N2C(=S)N[C@H](c3ccccn3)[C@@H]2c2ccc[nH]2)cc1. The molecule has 2 atom stereocenters. The van der Waals surface area contributed by atoms with Crippen molar-refractivity contribution in [3.8, 4) is 5.75 Å². The highest BCUT2D eigenvalue weighted by Crippen LogP contribution is 2.40. The fraction of sp³-hybridized carbons (Fsp3) is 0.111. The molecule has 1 aliphatic heterocycles. The minimum atomic E-state index is -0.0637. The second kappa shape index (κ2) is 5.98. The largest absolute Gasteiger partial charge is 0.508 e. The number of thiocarbonyl (C=S) groups is 1. The first-order valence-corrected chi connectivity index (χ1v) is 8.08. The molecule has 0 unspecified atom stereocenters. The highest BCUT2D eigenvalue weighted by Gasteiger charge is 2.41. The summed E-state index contributed by atoms with van der Waals surface area (Å²) >= 11 is 5.59. The maximum absolute atomic E-state index is 9.56. The second-order valence-corrected chi connectivity index (χ2v) is 6.03. The zero-order valence-corrected chi connectivity index (χ0v) is 13.6. The number of phenolic OH excluding ortho intramolecular Hbond substituents is 1. The van der Waals surface area contributed by atoms with Crippen LogP contribution in [0.2, 0.25) is 0 Å². The first-order valence-electron chi connectivity index (χ1n) is 7.67. The van der Waals surface area contributed by atoms with Gasteiger partial charge in [-0.05, 0) is 60.7 Å². The van der Waals surface area contributed by atoms with E-state index in [1.807, 2.05) is 48.7 Å². The number of aromatic hydroxyl groups is 1. The summed E-state index contributed by atoms with van der Waals surface area (Å²) in [6, 6.07) is 16.8. The fourth-order valence-corrected chi connectivity index (χ4v) is 3.44. The highest BCUT2D eigenvalue weighted by atomic mass is 32.1. The summed E-state index contributed by atoms with van der Waals surface area (Å²) in [7, 11) is 0. The third-order valence-electron chi connectivity index (χ3n) is 4.17. The molecule has 3 heterocycles. The van der Waals surface area contributed by atoms with Crippen LogP contribution < -0.4 is 10.2 Å². The molecule has 3 aromatic rings. The maximum Gasteiger partial charge on any atom is 0.174 e. The number of aromatic amines is 1. The molecule has 0 radical (unpaired) electrons. The molecule has 2 aromatic heterocycles. The summed E-state index contributed by atoms with van der Waals surface area (Å²) in [5.74, 6) is 0.231. The number of aromatic nitrogens is 2. The van der Waals surface area contributed by atoms with Crippen molar-refractivity contribution >= 4 is 23.0 Å². The minimum absolute atomic E-state index is 0.0491. The van der Waals surface area contributed by atoms with Gasteiger partial charge in [0.2, 0.25) is 0 Å². The molecule has 6 heteroatoms. The Labute approximate surface area is 145 Å². The predicted octanol–water partition coefficient (Wildman–Crippen LogP) is 3.29. The van der Waals surface area contributed by atoms with Crippen molar-refractivity contribution in [3.63, 3.8) is 0 Å². The molecule has 4 rings (SSSR count). The van der Waals surface area contributed by atoms with Crippen molar-refractivity contribution in [2.24, 2.45) is 0 Å². The average molecular weight is 336 g/mol. The number of phenols is 1. The average Bonchev–Trinajstić information content (AvgIpc) is 3.24. The topological polar surface area (TPSA) is 64.2 Å². The van der Waals surface area contributed by atoms with E-state index in [1.165, 1.54) is 0 Å². The molecular formula is C18H16N4OS. The van der Waals surface area contributed by atoms with Crippen molar-refractivity contribution in [1.82, 2.24) is 15.3 Å². The zero-order chi connectivity index (χ0) is 16.5. The Morgan fingerprint density at radius 2 is 1.88 bits per heavy atom. The van der Waals surface area contributed by atoms with Crippen molar-refractivity contribution in [3.05, 3.63) is 78.4 Å². The number of anilines is 1. The highest BCUT2D eigenvalue weighted by molar-refractivity contribution is 7.80. The quantitative estimate of drug-likeness (QED) is 0.641. The fourth-order valence-electron chi connectivity index (χ4n) is 3.09. The van der Waals surface area contributed by atoms with Gasteiger partial charge in [-0.2, -0.15) is 0 Å². The molecule has 0 spiro atoms. The van der Waals surface area contributed by atoms with Crippen LogP contribution in [0.1, 0.15) is 23.5 Å². The second-order valence-electron chi connectivity index (χ2n) is 5.64. The Morgan fingerprint density at radius 3 is 2.54 bits per heavy atom. The number of H-pyrrole nitrogens is 1. The van der Waals surface area contributed by atoms with Crippen molar-refractivity contribution < 1.29 is 5.11 Å². The number of rotatable bonds is 3. The summed E-state index contributed by atoms with van der Waals surface area (Å²) in [6.45, 7) is 0. The minimum Gasteiger partial charge on any atom is -0.508 e. The van der Waals surface area contributed by atoms with Gasteiger partial charge in [0.05, 0.1) is 11.7 Å². The van der Waals surface area contributed by atoms with Gasteiger partial charge in [0.25, 0.3) is 0 Å². The third kappa shape index (κ3) is 2.51. The summed E-state index contributed by atoms with van der Waals surface area (Å²) in [6.07, 6.45) is 3.69. The van der Waals surface area contributed by atoms with E-state index < -0.39 is 0 Å². The van der Waals surface area contributed by atoms with E-state index in [4.69, 9.17) is 12.2 Å². The molecule has 120 valence electrons. The van der Waals surface area contributed by atoms with Crippen molar-refractivity contribution in [2.75, 3.05) is 4.90 Å². The Morgan fingerprint density at radius 1 is 1.04 bits per heavy atom. The first-order chi connectivity index (χ1) is 11.7. The Kier molecular flexibility index (Phi) is 3.66. The lowest BCUT2D eigenvalue weighted by Gasteiger charge is -2.27. The third-order valence-corrected chi connectivity index (χ3v) is 4.48. The van der Waals surface area contributed by atoms with Crippen LogP contribution in [0.15, 0.2) is 67.0 Å². The Balaban J connectivity index is 1.80.